The molecular formula is C23H23N3O6. The van der Waals surface area contributed by atoms with E-state index in [-0.39, 0.29) is 16.9 Å². The Hall–Kier alpha value is -4.01. The number of carbonyl (C=O) groups is 2. The summed E-state index contributed by atoms with van der Waals surface area (Å²) in [5, 5.41) is 11.2. The number of hydrogen-bond acceptors (Lipinski definition) is 7. The number of aryl methyl sites for hydroxylation is 1. The van der Waals surface area contributed by atoms with Crippen molar-refractivity contribution in [1.82, 2.24) is 14.5 Å². The van der Waals surface area contributed by atoms with Crippen LogP contribution in [0.15, 0.2) is 65.3 Å². The summed E-state index contributed by atoms with van der Waals surface area (Å²) in [6.45, 7) is 0.921. The monoisotopic (exact) mass is 437 g/mol. The summed E-state index contributed by atoms with van der Waals surface area (Å²) >= 11 is 0. The van der Waals surface area contributed by atoms with Crippen molar-refractivity contribution in [2.45, 2.75) is 19.0 Å². The molecule has 166 valence electrons. The van der Waals surface area contributed by atoms with E-state index in [1.165, 1.54) is 25.4 Å². The fourth-order valence-corrected chi connectivity index (χ4v) is 3.84. The maximum absolute atomic E-state index is 13.0. The van der Waals surface area contributed by atoms with Crippen LogP contribution in [0, 0.1) is 0 Å². The normalized spacial score (nSPS) is 17.7. The number of aromatic nitrogens is 2. The molecule has 2 aromatic heterocycles. The summed E-state index contributed by atoms with van der Waals surface area (Å²) in [7, 11) is 2.96. The third-order valence-electron chi connectivity index (χ3n) is 5.39. The zero-order chi connectivity index (χ0) is 22.7. The molecule has 0 aliphatic carbocycles. The number of imidazole rings is 1. The number of Topliss-reactive ketones (excluding diaryl/α,β-unsaturated/α-hetero) is 1. The second kappa shape index (κ2) is 9.01. The first-order valence-electron chi connectivity index (χ1n) is 10.0. The number of benzene rings is 1. The number of ether oxygens (including phenoxy) is 2. The Labute approximate surface area is 184 Å². The molecule has 32 heavy (non-hydrogen) atoms. The van der Waals surface area contributed by atoms with Crippen LogP contribution in [0.3, 0.4) is 0 Å². The summed E-state index contributed by atoms with van der Waals surface area (Å²) in [6, 6.07) is 7.32. The maximum Gasteiger partial charge on any atom is 0.295 e. The molecule has 1 N–H and O–H groups in total. The number of aliphatic hydroxyl groups excluding tert-OH is 1. The molecule has 1 amide bonds. The van der Waals surface area contributed by atoms with E-state index in [1.807, 2.05) is 10.8 Å². The van der Waals surface area contributed by atoms with Gasteiger partial charge in [-0.3, -0.25) is 9.59 Å². The smallest absolute Gasteiger partial charge is 0.295 e. The highest BCUT2D eigenvalue weighted by Gasteiger charge is 2.47. The number of aliphatic hydroxyl groups is 1. The molecule has 3 heterocycles. The number of amides is 1. The zero-order valence-corrected chi connectivity index (χ0v) is 17.7. The molecule has 0 bridgehead atoms. The van der Waals surface area contributed by atoms with Gasteiger partial charge < -0.3 is 28.5 Å². The van der Waals surface area contributed by atoms with Gasteiger partial charge in [0.25, 0.3) is 11.7 Å². The van der Waals surface area contributed by atoms with Crippen LogP contribution in [0.2, 0.25) is 0 Å². The SMILES string of the molecule is COc1ccc(/C(O)=C2\C(=O)C(=O)N(CCCn3ccnc3)[C@H]2c2ccco2)c(OC)c1. The van der Waals surface area contributed by atoms with Gasteiger partial charge in [-0.1, -0.05) is 0 Å². The maximum atomic E-state index is 13.0. The van der Waals surface area contributed by atoms with Crippen LogP contribution in [0.25, 0.3) is 5.76 Å². The molecule has 4 rings (SSSR count). The van der Waals surface area contributed by atoms with Crippen molar-refractivity contribution >= 4 is 17.4 Å². The van der Waals surface area contributed by atoms with Crippen LogP contribution in [-0.2, 0) is 16.1 Å². The second-order valence-corrected chi connectivity index (χ2v) is 7.23. The van der Waals surface area contributed by atoms with Crippen molar-refractivity contribution in [3.05, 3.63) is 72.2 Å². The van der Waals surface area contributed by atoms with Gasteiger partial charge in [0.1, 0.15) is 29.1 Å². The van der Waals surface area contributed by atoms with Crippen LogP contribution in [-0.4, -0.2) is 52.0 Å². The van der Waals surface area contributed by atoms with E-state index in [4.69, 9.17) is 13.9 Å². The van der Waals surface area contributed by atoms with E-state index in [9.17, 15) is 14.7 Å². The summed E-state index contributed by atoms with van der Waals surface area (Å²) in [4.78, 5) is 31.4. The Morgan fingerprint density at radius 3 is 2.69 bits per heavy atom. The van der Waals surface area contributed by atoms with E-state index in [0.717, 1.165) is 0 Å². The standard InChI is InChI=1S/C23H23N3O6/c1-30-15-6-7-16(18(13-15)31-2)21(27)19-20(17-5-3-12-32-17)26(23(29)22(19)28)10-4-9-25-11-8-24-14-25/h3,5-8,11-14,20,27H,4,9-10H2,1-2H3/b21-19+/t20-/m0/s1. The minimum atomic E-state index is -0.848. The molecular weight excluding hydrogens is 414 g/mol. The average Bonchev–Trinajstić information content (AvgIpc) is 3.57. The third kappa shape index (κ3) is 3.84. The third-order valence-corrected chi connectivity index (χ3v) is 5.39. The highest BCUT2D eigenvalue weighted by atomic mass is 16.5. The van der Waals surface area contributed by atoms with Crippen molar-refractivity contribution in [3.8, 4) is 11.5 Å². The first-order valence-corrected chi connectivity index (χ1v) is 10.0. The van der Waals surface area contributed by atoms with Gasteiger partial charge >= 0.3 is 0 Å². The molecule has 1 aliphatic rings. The van der Waals surface area contributed by atoms with Gasteiger partial charge in [0.2, 0.25) is 0 Å². The lowest BCUT2D eigenvalue weighted by Gasteiger charge is -2.23. The first-order chi connectivity index (χ1) is 15.5. The lowest BCUT2D eigenvalue weighted by molar-refractivity contribution is -0.140. The van der Waals surface area contributed by atoms with E-state index < -0.39 is 17.7 Å². The molecule has 9 heteroatoms. The number of nitrogens with zero attached hydrogens (tertiary/aromatic N) is 3. The highest BCUT2D eigenvalue weighted by Crippen LogP contribution is 2.41. The van der Waals surface area contributed by atoms with Gasteiger partial charge in [-0.25, -0.2) is 4.98 Å². The van der Waals surface area contributed by atoms with Crippen molar-refractivity contribution in [3.63, 3.8) is 0 Å². The molecule has 1 saturated heterocycles. The molecule has 9 nitrogen and oxygen atoms in total. The van der Waals surface area contributed by atoms with Crippen LogP contribution in [0.4, 0.5) is 0 Å². The number of likely N-dealkylation sites (tertiary alicyclic amines) is 1. The van der Waals surface area contributed by atoms with Crippen LogP contribution < -0.4 is 9.47 Å². The Bertz CT molecular complexity index is 1130. The van der Waals surface area contributed by atoms with Crippen LogP contribution >= 0.6 is 0 Å². The number of rotatable bonds is 8. The summed E-state index contributed by atoms with van der Waals surface area (Å²) in [6.07, 6.45) is 7.25. The van der Waals surface area contributed by atoms with Crippen LogP contribution in [0.1, 0.15) is 23.8 Å². The lowest BCUT2D eigenvalue weighted by Crippen LogP contribution is -2.31. The fraction of sp³-hybridized carbons (Fsp3) is 0.261. The van der Waals surface area contributed by atoms with Gasteiger partial charge in [-0.05, 0) is 30.7 Å². The van der Waals surface area contributed by atoms with Gasteiger partial charge in [-0.2, -0.15) is 0 Å². The molecule has 0 spiro atoms. The Morgan fingerprint density at radius 1 is 1.19 bits per heavy atom. The first kappa shape index (κ1) is 21.2. The summed E-state index contributed by atoms with van der Waals surface area (Å²) in [5.74, 6) is -0.565. The fourth-order valence-electron chi connectivity index (χ4n) is 3.84. The summed E-state index contributed by atoms with van der Waals surface area (Å²) in [5.41, 5.74) is 0.234. The van der Waals surface area contributed by atoms with Crippen molar-refractivity contribution in [2.24, 2.45) is 0 Å². The molecule has 1 aromatic carbocycles. The van der Waals surface area contributed by atoms with E-state index in [0.29, 0.717) is 36.8 Å². The number of hydrogen-bond donors (Lipinski definition) is 1. The highest BCUT2D eigenvalue weighted by molar-refractivity contribution is 6.46. The van der Waals surface area contributed by atoms with E-state index in [2.05, 4.69) is 4.98 Å². The number of methoxy groups -OCH3 is 2. The van der Waals surface area contributed by atoms with Crippen molar-refractivity contribution in [2.75, 3.05) is 20.8 Å². The predicted molar refractivity (Wildman–Crippen MR) is 114 cm³/mol. The quantitative estimate of drug-likeness (QED) is 0.328. The lowest BCUT2D eigenvalue weighted by atomic mass is 9.98. The van der Waals surface area contributed by atoms with Gasteiger partial charge in [0.15, 0.2) is 0 Å². The van der Waals surface area contributed by atoms with Gasteiger partial charge in [0, 0.05) is 31.5 Å². The largest absolute Gasteiger partial charge is 0.507 e. The predicted octanol–water partition coefficient (Wildman–Crippen LogP) is 3.01. The number of furan rings is 1. The molecule has 1 atom stereocenters. The Kier molecular flexibility index (Phi) is 5.98. The molecule has 0 radical (unpaired) electrons. The zero-order valence-electron chi connectivity index (χ0n) is 17.7. The number of carbonyl (C=O) groups excluding carboxylic acids is 2. The second-order valence-electron chi connectivity index (χ2n) is 7.23. The van der Waals surface area contributed by atoms with E-state index in [1.54, 1.807) is 42.9 Å². The number of ketones is 1. The summed E-state index contributed by atoms with van der Waals surface area (Å²) < 4.78 is 18.0. The topological polar surface area (TPSA) is 107 Å². The van der Waals surface area contributed by atoms with Gasteiger partial charge in [0.05, 0.1) is 37.9 Å². The Balaban J connectivity index is 1.73. The molecule has 1 fully saturated rings. The van der Waals surface area contributed by atoms with Crippen molar-refractivity contribution < 1.29 is 28.6 Å². The van der Waals surface area contributed by atoms with Crippen molar-refractivity contribution in [1.29, 1.82) is 0 Å². The minimum absolute atomic E-state index is 0.0453. The molecule has 1 aliphatic heterocycles. The molecule has 3 aromatic rings. The van der Waals surface area contributed by atoms with E-state index >= 15 is 0 Å². The van der Waals surface area contributed by atoms with Gasteiger partial charge in [-0.15, -0.1) is 0 Å². The Morgan fingerprint density at radius 2 is 2.03 bits per heavy atom. The molecule has 0 saturated carbocycles. The van der Waals surface area contributed by atoms with Crippen LogP contribution in [0.5, 0.6) is 11.5 Å². The average molecular weight is 437 g/mol. The minimum Gasteiger partial charge on any atom is -0.507 e. The molecule has 0 unspecified atom stereocenters.